The Labute approximate surface area is 403 Å². The predicted octanol–water partition coefficient (Wildman–Crippen LogP) is 17.5. The molecule has 9 aromatic rings. The normalized spacial score (nSPS) is 17.8. The molecule has 2 atom stereocenters. The Hall–Kier alpha value is -6.79. The minimum atomic E-state index is -0.136. The molecule has 2 aromatic heterocycles. The first-order chi connectivity index (χ1) is 32.3. The lowest BCUT2D eigenvalue weighted by molar-refractivity contribution is 0.419. The number of rotatable bonds is 7. The molecule has 11 rings (SSSR count). The van der Waals surface area contributed by atoms with Crippen LogP contribution >= 0.6 is 0 Å². The minimum absolute atomic E-state index is 0.00752. The van der Waals surface area contributed by atoms with Crippen molar-refractivity contribution in [1.29, 1.82) is 0 Å². The maximum atomic E-state index is 7.16. The number of fused-ring (bicyclic) bond motifs is 7. The summed E-state index contributed by atoms with van der Waals surface area (Å²) in [5, 5.41) is 2.32. The molecule has 5 heteroatoms. The summed E-state index contributed by atoms with van der Waals surface area (Å²) in [7, 11) is 0. The first kappa shape index (κ1) is 43.8. The number of benzene rings is 7. The Morgan fingerprint density at radius 3 is 1.88 bits per heavy atom. The van der Waals surface area contributed by atoms with Gasteiger partial charge < -0.3 is 4.74 Å². The predicted molar refractivity (Wildman–Crippen MR) is 286 cm³/mol. The van der Waals surface area contributed by atoms with E-state index in [2.05, 4.69) is 246 Å². The highest BCUT2D eigenvalue weighted by Gasteiger charge is 2.78. The summed E-state index contributed by atoms with van der Waals surface area (Å²) in [6.45, 7) is 29.8. The molecule has 0 N–H and O–H groups in total. The van der Waals surface area contributed by atoms with Crippen LogP contribution in [0.4, 0.5) is 22.7 Å². The maximum absolute atomic E-state index is 7.16. The van der Waals surface area contributed by atoms with E-state index < -0.39 is 0 Å². The molecule has 340 valence electrons. The summed E-state index contributed by atoms with van der Waals surface area (Å²) in [4.78, 5) is 5.08. The maximum Gasteiger partial charge on any atom is 0.225 e. The molecule has 2 aliphatic rings. The molecule has 0 spiro atoms. The second-order valence-electron chi connectivity index (χ2n) is 22.6. The van der Waals surface area contributed by atoms with E-state index in [1.165, 1.54) is 78.2 Å². The fourth-order valence-corrected chi connectivity index (χ4v) is 11.0. The van der Waals surface area contributed by atoms with Crippen molar-refractivity contribution in [3.05, 3.63) is 198 Å². The Bertz CT molecular complexity index is 3480. The van der Waals surface area contributed by atoms with Gasteiger partial charge in [0.05, 0.1) is 11.0 Å². The quantitative estimate of drug-likeness (QED) is 0.0905. The largest absolute Gasteiger partial charge is 0.457 e. The lowest BCUT2D eigenvalue weighted by Gasteiger charge is -2.41. The topological polar surface area (TPSA) is 27.1 Å². The van der Waals surface area contributed by atoms with E-state index in [4.69, 9.17) is 9.72 Å². The number of pyridine rings is 1. The Morgan fingerprint density at radius 2 is 1.16 bits per heavy atom. The molecule has 1 unspecified atom stereocenters. The molecule has 5 nitrogen and oxygen atoms in total. The smallest absolute Gasteiger partial charge is 0.225 e. The lowest BCUT2D eigenvalue weighted by atomic mass is 9.85. The molecular formula is C63H63N4O+. The van der Waals surface area contributed by atoms with Gasteiger partial charge in [0.2, 0.25) is 11.4 Å². The van der Waals surface area contributed by atoms with E-state index >= 15 is 0 Å². The molecular weight excluding hydrogens is 829 g/mol. The second kappa shape index (κ2) is 15.1. The van der Waals surface area contributed by atoms with Crippen molar-refractivity contribution in [3.8, 4) is 39.6 Å². The highest BCUT2D eigenvalue weighted by Crippen LogP contribution is 2.76. The van der Waals surface area contributed by atoms with E-state index in [0.29, 0.717) is 9.18 Å². The van der Waals surface area contributed by atoms with Crippen LogP contribution < -0.4 is 13.9 Å². The standard InChI is InChI=1S/C63H63N4O/c1-40-29-41(2)60(42(3)30-40)45-27-28-64-59(32-45)65-55-25-21-44(43-17-14-13-15-18-43)31-54(55)53-24-23-51(38-56(53)65)68-52-35-48(63(10,11)12)34-50(37-52)67-39-66(67,49-20-16-19-46(33-49)61(4,5)6)57-26-22-47(36-58(57)67)62(7,8)9/h13-39H,1-12H3/q+1/t66-,67?/m0/s1. The number of aromatic nitrogens is 2. The van der Waals surface area contributed by atoms with Gasteiger partial charge in [-0.1, -0.05) is 135 Å². The van der Waals surface area contributed by atoms with Crippen LogP contribution in [-0.4, -0.2) is 9.55 Å². The summed E-state index contributed by atoms with van der Waals surface area (Å²) in [6.07, 6.45) is 1.95. The number of hydrogen-bond donors (Lipinski definition) is 0. The van der Waals surface area contributed by atoms with Crippen LogP contribution in [0.5, 0.6) is 11.5 Å². The Morgan fingerprint density at radius 1 is 0.471 bits per heavy atom. The average molecular weight is 892 g/mol. The van der Waals surface area contributed by atoms with Gasteiger partial charge in [-0.2, -0.15) is 9.18 Å². The molecule has 0 amide bonds. The van der Waals surface area contributed by atoms with Gasteiger partial charge in [0.1, 0.15) is 17.3 Å². The fraction of sp³-hybridized carbons (Fsp3) is 0.238. The molecule has 68 heavy (non-hydrogen) atoms. The van der Waals surface area contributed by atoms with E-state index in [1.54, 1.807) is 0 Å². The highest BCUT2D eigenvalue weighted by atomic mass is 16.5. The first-order valence-electron chi connectivity index (χ1n) is 24.2. The molecule has 1 saturated heterocycles. The average Bonchev–Trinajstić information content (AvgIpc) is 3.79. The zero-order chi connectivity index (χ0) is 47.7. The van der Waals surface area contributed by atoms with Crippen LogP contribution in [0.3, 0.4) is 0 Å². The zero-order valence-corrected chi connectivity index (χ0v) is 41.8. The number of ether oxygens (including phenoxy) is 1. The molecule has 0 aliphatic carbocycles. The highest BCUT2D eigenvalue weighted by molar-refractivity contribution is 6.11. The van der Waals surface area contributed by atoms with E-state index in [0.717, 1.165) is 39.3 Å². The molecule has 1 fully saturated rings. The van der Waals surface area contributed by atoms with Crippen LogP contribution in [0.1, 0.15) is 95.7 Å². The monoisotopic (exact) mass is 891 g/mol. The molecule has 0 saturated carbocycles. The molecule has 4 heterocycles. The number of quaternary nitrogens is 2. The third kappa shape index (κ3) is 6.84. The van der Waals surface area contributed by atoms with E-state index in [-0.39, 0.29) is 16.2 Å². The van der Waals surface area contributed by atoms with Crippen LogP contribution in [-0.2, 0) is 16.2 Å². The lowest BCUT2D eigenvalue weighted by Crippen LogP contribution is -2.47. The van der Waals surface area contributed by atoms with Crippen LogP contribution in [0.25, 0.3) is 49.9 Å². The summed E-state index contributed by atoms with van der Waals surface area (Å²) in [5.41, 5.74) is 19.6. The Balaban J connectivity index is 1.07. The van der Waals surface area contributed by atoms with Crippen molar-refractivity contribution < 1.29 is 4.74 Å². The molecule has 7 aromatic carbocycles. The fourth-order valence-electron chi connectivity index (χ4n) is 11.0. The van der Waals surface area contributed by atoms with Gasteiger partial charge in [-0.15, -0.1) is 0 Å². The van der Waals surface area contributed by atoms with Gasteiger partial charge in [-0.25, -0.2) is 4.98 Å². The SMILES string of the molecule is Cc1cc(C)c(-c2ccnc(-n3c4ccc(-c5ccccc5)cc4c4ccc(Oc5cc(C(C)(C)C)cc([N+]67[CH-][N@+]6(c6cccc(C(C)(C)C)c6)c6ccc(C(C)(C)C)cc67)c5)cc43)c2)c(C)c1. The number of aryl methyl sites for hydroxylation is 3. The van der Waals surface area contributed by atoms with E-state index in [1.807, 2.05) is 6.20 Å². The third-order valence-corrected chi connectivity index (χ3v) is 14.6. The van der Waals surface area contributed by atoms with Crippen LogP contribution in [0, 0.1) is 27.4 Å². The van der Waals surface area contributed by atoms with E-state index in [9.17, 15) is 0 Å². The third-order valence-electron chi connectivity index (χ3n) is 14.6. The summed E-state index contributed by atoms with van der Waals surface area (Å²) in [6, 6.07) is 56.3. The van der Waals surface area contributed by atoms with Gasteiger partial charge >= 0.3 is 0 Å². The van der Waals surface area contributed by atoms with Crippen LogP contribution in [0.15, 0.2) is 158 Å². The van der Waals surface area contributed by atoms with Crippen molar-refractivity contribution in [2.75, 3.05) is 0 Å². The molecule has 0 radical (unpaired) electrons. The summed E-state index contributed by atoms with van der Waals surface area (Å²) in [5.74, 6) is 2.46. The van der Waals surface area contributed by atoms with Crippen molar-refractivity contribution in [2.45, 2.75) is 99.3 Å². The van der Waals surface area contributed by atoms with Crippen molar-refractivity contribution in [1.82, 2.24) is 18.7 Å². The summed E-state index contributed by atoms with van der Waals surface area (Å²) >= 11 is 0. The molecule has 2 aliphatic heterocycles. The Kier molecular flexibility index (Phi) is 9.72. The van der Waals surface area contributed by atoms with Crippen molar-refractivity contribution in [3.63, 3.8) is 0 Å². The molecule has 0 bridgehead atoms. The van der Waals surface area contributed by atoms with Crippen molar-refractivity contribution >= 4 is 44.6 Å². The first-order valence-corrected chi connectivity index (χ1v) is 24.2. The number of nitrogens with zero attached hydrogens (tertiary/aromatic N) is 4. The second-order valence-corrected chi connectivity index (χ2v) is 22.6. The van der Waals surface area contributed by atoms with Crippen LogP contribution in [0.2, 0.25) is 0 Å². The van der Waals surface area contributed by atoms with Gasteiger partial charge in [0.25, 0.3) is 0 Å². The van der Waals surface area contributed by atoms with Crippen molar-refractivity contribution in [2.24, 2.45) is 0 Å². The van der Waals surface area contributed by atoms with Gasteiger partial charge in [0.15, 0.2) is 18.0 Å². The van der Waals surface area contributed by atoms with Gasteiger partial charge in [-0.3, -0.25) is 4.57 Å². The summed E-state index contributed by atoms with van der Waals surface area (Å²) < 4.78 is 10.7. The zero-order valence-electron chi connectivity index (χ0n) is 41.8. The van der Waals surface area contributed by atoms with Gasteiger partial charge in [0, 0.05) is 59.4 Å². The van der Waals surface area contributed by atoms with Gasteiger partial charge in [-0.05, 0) is 130 Å². The number of hydrogen-bond acceptors (Lipinski definition) is 2. The minimum Gasteiger partial charge on any atom is -0.457 e.